The lowest BCUT2D eigenvalue weighted by Crippen LogP contribution is -2.28. The minimum absolute atomic E-state index is 0.0188. The van der Waals surface area contributed by atoms with Gasteiger partial charge in [0.2, 0.25) is 10.0 Å². The maximum absolute atomic E-state index is 12.5. The minimum atomic E-state index is -3.68. The average molecular weight is 781 g/mol. The zero-order valence-corrected chi connectivity index (χ0v) is 33.1. The molecule has 0 fully saturated rings. The van der Waals surface area contributed by atoms with Crippen LogP contribution in [-0.2, 0) is 23.1 Å². The largest absolute Gasteiger partial charge is 0.492 e. The molecule has 0 bridgehead atoms. The zero-order chi connectivity index (χ0) is 38.1. The summed E-state index contributed by atoms with van der Waals surface area (Å²) in [5.41, 5.74) is 10.0. The van der Waals surface area contributed by atoms with Crippen LogP contribution in [0.25, 0.3) is 22.8 Å². The average Bonchev–Trinajstić information content (AvgIpc) is 3.65. The predicted octanol–water partition coefficient (Wildman–Crippen LogP) is 6.38. The van der Waals surface area contributed by atoms with Crippen molar-refractivity contribution in [2.75, 3.05) is 52.5 Å². The van der Waals surface area contributed by atoms with Crippen molar-refractivity contribution in [2.24, 2.45) is 5.73 Å². The number of hydrogen-bond donors (Lipinski definition) is 2. The van der Waals surface area contributed by atoms with E-state index >= 15 is 0 Å². The van der Waals surface area contributed by atoms with E-state index in [2.05, 4.69) is 62.2 Å². The van der Waals surface area contributed by atoms with E-state index in [4.69, 9.17) is 26.8 Å². The molecule has 12 nitrogen and oxygen atoms in total. The van der Waals surface area contributed by atoms with Crippen LogP contribution in [0.15, 0.2) is 89.4 Å². The normalized spacial score (nSPS) is 11.4. The summed E-state index contributed by atoms with van der Waals surface area (Å²) in [5, 5.41) is 0. The first-order chi connectivity index (χ1) is 25.7. The molecule has 53 heavy (non-hydrogen) atoms. The van der Waals surface area contributed by atoms with Gasteiger partial charge in [0.1, 0.15) is 28.9 Å². The highest BCUT2D eigenvalue weighted by Gasteiger charge is 2.17. The Hall–Kier alpha value is -4.02. The molecule has 0 spiro atoms. The molecule has 5 aromatic rings. The first kappa shape index (κ1) is 41.7. The molecular formula is C38H49ClN8O4S2. The van der Waals surface area contributed by atoms with Crippen molar-refractivity contribution in [1.29, 1.82) is 0 Å². The SMILES string of the molecule is CCN(CC)CCOc1cc(CN)nc(-c2ccccn2)c1.CCN(CC)CCOc1cc(CNS(=O)(=O)c2ccc(Cl)s2)nc(-c2ccccn2)c1. The zero-order valence-electron chi connectivity index (χ0n) is 30.7. The Balaban J connectivity index is 0.000000251. The molecule has 284 valence electrons. The van der Waals surface area contributed by atoms with E-state index in [9.17, 15) is 8.42 Å². The molecule has 0 aromatic carbocycles. The standard InChI is InChI=1S/C21H25ClN4O3S2.C17H24N4O/c1-3-26(4-2)11-12-29-17-13-16(25-19(14-17)18-7-5-6-10-23-18)15-24-31(27,28)21-9-8-20(22)30-21;1-3-21(4-2)9-10-22-15-11-14(13-18)20-17(12-15)16-7-5-6-8-19-16/h5-10,13-14,24H,3-4,11-12,15H2,1-2H3;5-8,11-12H,3-4,9-10,13,18H2,1-2H3. The second kappa shape index (κ2) is 21.6. The summed E-state index contributed by atoms with van der Waals surface area (Å²) in [6.07, 6.45) is 3.45. The van der Waals surface area contributed by atoms with Gasteiger partial charge in [-0.05, 0) is 62.6 Å². The molecule has 0 aliphatic rings. The van der Waals surface area contributed by atoms with Crippen LogP contribution in [0.4, 0.5) is 0 Å². The Labute approximate surface area is 322 Å². The Bertz CT molecular complexity index is 1930. The van der Waals surface area contributed by atoms with Crippen molar-refractivity contribution < 1.29 is 17.9 Å². The fourth-order valence-corrected chi connectivity index (χ4v) is 7.65. The fourth-order valence-electron chi connectivity index (χ4n) is 5.12. The number of rotatable bonds is 19. The summed E-state index contributed by atoms with van der Waals surface area (Å²) in [5.74, 6) is 1.42. The van der Waals surface area contributed by atoms with Crippen molar-refractivity contribution in [2.45, 2.75) is 45.0 Å². The molecule has 0 radical (unpaired) electrons. The highest BCUT2D eigenvalue weighted by molar-refractivity contribution is 7.91. The molecule has 0 amide bonds. The molecule has 0 aliphatic heterocycles. The molecule has 5 aromatic heterocycles. The number of aromatic nitrogens is 4. The molecule has 5 rings (SSSR count). The van der Waals surface area contributed by atoms with Crippen LogP contribution in [0.2, 0.25) is 4.34 Å². The van der Waals surface area contributed by atoms with Crippen LogP contribution in [0.1, 0.15) is 39.1 Å². The molecule has 0 aliphatic carbocycles. The van der Waals surface area contributed by atoms with Crippen LogP contribution in [0.5, 0.6) is 11.5 Å². The number of nitrogens with zero attached hydrogens (tertiary/aromatic N) is 6. The lowest BCUT2D eigenvalue weighted by molar-refractivity contribution is 0.222. The maximum Gasteiger partial charge on any atom is 0.250 e. The second-order valence-corrected chi connectivity index (χ2v) is 15.3. The molecular weight excluding hydrogens is 732 g/mol. The summed E-state index contributed by atoms with van der Waals surface area (Å²) in [6, 6.07) is 21.7. The molecule has 0 saturated heterocycles. The van der Waals surface area contributed by atoms with E-state index in [1.54, 1.807) is 24.5 Å². The first-order valence-electron chi connectivity index (χ1n) is 17.7. The number of hydrogen-bond acceptors (Lipinski definition) is 12. The van der Waals surface area contributed by atoms with Gasteiger partial charge in [0.15, 0.2) is 0 Å². The van der Waals surface area contributed by atoms with Crippen LogP contribution < -0.4 is 19.9 Å². The molecule has 0 atom stereocenters. The van der Waals surface area contributed by atoms with E-state index in [1.165, 1.54) is 6.07 Å². The van der Waals surface area contributed by atoms with Crippen LogP contribution in [0, 0.1) is 0 Å². The van der Waals surface area contributed by atoms with Gasteiger partial charge in [-0.25, -0.2) is 23.1 Å². The van der Waals surface area contributed by atoms with E-state index < -0.39 is 10.0 Å². The molecule has 3 N–H and O–H groups in total. The monoisotopic (exact) mass is 780 g/mol. The minimum Gasteiger partial charge on any atom is -0.492 e. The smallest absolute Gasteiger partial charge is 0.250 e. The maximum atomic E-state index is 12.5. The Kier molecular flexibility index (Phi) is 17.0. The van der Waals surface area contributed by atoms with Crippen LogP contribution >= 0.6 is 22.9 Å². The van der Waals surface area contributed by atoms with Gasteiger partial charge in [-0.2, -0.15) is 0 Å². The van der Waals surface area contributed by atoms with Crippen molar-refractivity contribution in [3.8, 4) is 34.3 Å². The third kappa shape index (κ3) is 13.4. The van der Waals surface area contributed by atoms with E-state index in [1.807, 2.05) is 54.6 Å². The fraction of sp³-hybridized carbons (Fsp3) is 0.368. The highest BCUT2D eigenvalue weighted by atomic mass is 35.5. The summed E-state index contributed by atoms with van der Waals surface area (Å²) in [6.45, 7) is 15.8. The molecule has 15 heteroatoms. The number of thiophene rings is 1. The number of sulfonamides is 1. The van der Waals surface area contributed by atoms with E-state index in [0.29, 0.717) is 46.9 Å². The van der Waals surface area contributed by atoms with Gasteiger partial charge >= 0.3 is 0 Å². The topological polar surface area (TPSA) is 149 Å². The second-order valence-electron chi connectivity index (χ2n) is 11.6. The number of likely N-dealkylation sites (N-methyl/N-ethyl adjacent to an activating group) is 2. The Morgan fingerprint density at radius 3 is 1.66 bits per heavy atom. The summed E-state index contributed by atoms with van der Waals surface area (Å²) in [7, 11) is -3.68. The predicted molar refractivity (Wildman–Crippen MR) is 213 cm³/mol. The van der Waals surface area contributed by atoms with Crippen molar-refractivity contribution in [3.05, 3.63) is 101 Å². The number of halogens is 1. The Morgan fingerprint density at radius 2 is 1.23 bits per heavy atom. The van der Waals surface area contributed by atoms with Crippen molar-refractivity contribution in [3.63, 3.8) is 0 Å². The van der Waals surface area contributed by atoms with E-state index in [0.717, 1.165) is 73.4 Å². The van der Waals surface area contributed by atoms with Gasteiger partial charge in [-0.1, -0.05) is 51.4 Å². The van der Waals surface area contributed by atoms with Gasteiger partial charge < -0.3 is 25.0 Å². The number of nitrogens with two attached hydrogens (primary N) is 1. The number of nitrogens with one attached hydrogen (secondary N) is 1. The first-order valence-corrected chi connectivity index (χ1v) is 20.4. The molecule has 0 unspecified atom stereocenters. The van der Waals surface area contributed by atoms with Gasteiger partial charge in [0, 0.05) is 56.3 Å². The van der Waals surface area contributed by atoms with Crippen molar-refractivity contribution >= 4 is 33.0 Å². The third-order valence-corrected chi connectivity index (χ3v) is 11.3. The number of pyridine rings is 4. The summed E-state index contributed by atoms with van der Waals surface area (Å²) in [4.78, 5) is 22.4. The summed E-state index contributed by atoms with van der Waals surface area (Å²) < 4.78 is 40.1. The van der Waals surface area contributed by atoms with Crippen LogP contribution in [-0.4, -0.2) is 90.6 Å². The molecule has 0 saturated carbocycles. The van der Waals surface area contributed by atoms with Gasteiger partial charge in [-0.3, -0.25) is 9.97 Å². The number of ether oxygens (including phenoxy) is 2. The lowest BCUT2D eigenvalue weighted by Gasteiger charge is -2.18. The Morgan fingerprint density at radius 1 is 0.717 bits per heavy atom. The molecule has 5 heterocycles. The van der Waals surface area contributed by atoms with Crippen LogP contribution in [0.3, 0.4) is 0 Å². The quantitative estimate of drug-likeness (QED) is 0.0962. The lowest BCUT2D eigenvalue weighted by atomic mass is 10.2. The van der Waals surface area contributed by atoms with Gasteiger partial charge in [-0.15, -0.1) is 11.3 Å². The van der Waals surface area contributed by atoms with Crippen molar-refractivity contribution in [1.82, 2.24) is 34.5 Å². The third-order valence-electron chi connectivity index (χ3n) is 8.17. The van der Waals surface area contributed by atoms with Gasteiger partial charge in [0.25, 0.3) is 0 Å². The summed E-state index contributed by atoms with van der Waals surface area (Å²) >= 11 is 6.88. The van der Waals surface area contributed by atoms with E-state index in [-0.39, 0.29) is 10.8 Å². The van der Waals surface area contributed by atoms with Gasteiger partial charge in [0.05, 0.1) is 45.0 Å². The highest BCUT2D eigenvalue weighted by Crippen LogP contribution is 2.26.